The van der Waals surface area contributed by atoms with Crippen LogP contribution in [0, 0.1) is 6.92 Å². The first-order valence-electron chi connectivity index (χ1n) is 8.23. The summed E-state index contributed by atoms with van der Waals surface area (Å²) >= 11 is 6.55. The van der Waals surface area contributed by atoms with Gasteiger partial charge in [-0.05, 0) is 57.6 Å². The SMILES string of the molecule is CCOC(=O)[C@@]1(NC(=S)N(CC)CC)Sc2cc(C)ccc2NC1=O. The van der Waals surface area contributed by atoms with Crippen molar-refractivity contribution in [1.82, 2.24) is 10.2 Å². The third kappa shape index (κ3) is 3.90. The van der Waals surface area contributed by atoms with Crippen LogP contribution < -0.4 is 10.6 Å². The Morgan fingerprint density at radius 3 is 2.64 bits per heavy atom. The highest BCUT2D eigenvalue weighted by Gasteiger charge is 2.52. The zero-order chi connectivity index (χ0) is 18.6. The number of carbonyl (C=O) groups excluding carboxylic acids is 2. The van der Waals surface area contributed by atoms with Gasteiger partial charge in [0.05, 0.1) is 12.3 Å². The van der Waals surface area contributed by atoms with Gasteiger partial charge in [0, 0.05) is 18.0 Å². The molecule has 0 unspecified atom stereocenters. The summed E-state index contributed by atoms with van der Waals surface area (Å²) in [6.07, 6.45) is 0. The number of rotatable bonds is 5. The molecular formula is C17H23N3O3S2. The highest BCUT2D eigenvalue weighted by molar-refractivity contribution is 8.02. The van der Waals surface area contributed by atoms with Crippen LogP contribution >= 0.6 is 24.0 Å². The van der Waals surface area contributed by atoms with E-state index in [0.717, 1.165) is 22.2 Å². The van der Waals surface area contributed by atoms with Crippen molar-refractivity contribution in [3.8, 4) is 0 Å². The molecule has 136 valence electrons. The Hall–Kier alpha value is -1.80. The van der Waals surface area contributed by atoms with Crippen molar-refractivity contribution in [1.29, 1.82) is 0 Å². The maximum atomic E-state index is 12.8. The Kier molecular flexibility index (Phi) is 6.29. The third-order valence-corrected chi connectivity index (χ3v) is 5.54. The molecule has 0 bridgehead atoms. The molecule has 0 fully saturated rings. The molecule has 1 amide bonds. The molecule has 0 saturated carbocycles. The molecule has 1 heterocycles. The first kappa shape index (κ1) is 19.5. The van der Waals surface area contributed by atoms with E-state index in [4.69, 9.17) is 17.0 Å². The standard InChI is InChI=1S/C17H23N3O3S2/c1-5-20(6-2)16(24)19-17(15(22)23-7-3)14(21)18-12-9-8-11(4)10-13(12)25-17/h8-10H,5-7H2,1-4H3,(H,18,21)(H,19,24)/t17-/m0/s1. The maximum absolute atomic E-state index is 12.8. The number of nitrogens with one attached hydrogen (secondary N) is 2. The van der Waals surface area contributed by atoms with Crippen LogP contribution in [0.2, 0.25) is 0 Å². The highest BCUT2D eigenvalue weighted by Crippen LogP contribution is 2.42. The fourth-order valence-corrected chi connectivity index (χ4v) is 4.19. The van der Waals surface area contributed by atoms with Crippen LogP contribution in [0.3, 0.4) is 0 Å². The van der Waals surface area contributed by atoms with Crippen molar-refractivity contribution in [2.45, 2.75) is 37.5 Å². The average Bonchev–Trinajstić information content (AvgIpc) is 2.57. The summed E-state index contributed by atoms with van der Waals surface area (Å²) in [5.74, 6) is -1.14. The minimum absolute atomic E-state index is 0.175. The average molecular weight is 382 g/mol. The van der Waals surface area contributed by atoms with Gasteiger partial charge in [0.1, 0.15) is 0 Å². The third-order valence-electron chi connectivity index (χ3n) is 3.86. The van der Waals surface area contributed by atoms with Crippen molar-refractivity contribution in [3.63, 3.8) is 0 Å². The lowest BCUT2D eigenvalue weighted by molar-refractivity contribution is -0.149. The van der Waals surface area contributed by atoms with Crippen LogP contribution in [0.4, 0.5) is 5.69 Å². The molecule has 25 heavy (non-hydrogen) atoms. The summed E-state index contributed by atoms with van der Waals surface area (Å²) in [5, 5.41) is 6.10. The zero-order valence-corrected chi connectivity index (χ0v) is 16.5. The monoisotopic (exact) mass is 381 g/mol. The van der Waals surface area contributed by atoms with Gasteiger partial charge < -0.3 is 20.3 Å². The number of hydrogen-bond acceptors (Lipinski definition) is 5. The largest absolute Gasteiger partial charge is 0.463 e. The molecule has 8 heteroatoms. The van der Waals surface area contributed by atoms with E-state index < -0.39 is 16.7 Å². The minimum Gasteiger partial charge on any atom is -0.463 e. The van der Waals surface area contributed by atoms with Crippen LogP contribution in [-0.4, -0.2) is 46.5 Å². The van der Waals surface area contributed by atoms with Crippen LogP contribution in [-0.2, 0) is 14.3 Å². The summed E-state index contributed by atoms with van der Waals surface area (Å²) in [6.45, 7) is 9.10. The van der Waals surface area contributed by atoms with Gasteiger partial charge in [0.2, 0.25) is 0 Å². The van der Waals surface area contributed by atoms with Crippen molar-refractivity contribution in [2.75, 3.05) is 25.0 Å². The van der Waals surface area contributed by atoms with E-state index in [1.807, 2.05) is 43.9 Å². The van der Waals surface area contributed by atoms with Crippen LogP contribution in [0.5, 0.6) is 0 Å². The van der Waals surface area contributed by atoms with Crippen molar-refractivity contribution in [2.24, 2.45) is 0 Å². The van der Waals surface area contributed by atoms with E-state index in [-0.39, 0.29) is 6.61 Å². The van der Waals surface area contributed by atoms with E-state index in [0.29, 0.717) is 23.9 Å². The van der Waals surface area contributed by atoms with Gasteiger partial charge in [0.15, 0.2) is 5.11 Å². The number of carbonyl (C=O) groups is 2. The normalized spacial score (nSPS) is 18.8. The molecular weight excluding hydrogens is 358 g/mol. The summed E-state index contributed by atoms with van der Waals surface area (Å²) in [5.41, 5.74) is 1.71. The second-order valence-corrected chi connectivity index (χ2v) is 7.20. The summed E-state index contributed by atoms with van der Waals surface area (Å²) in [4.78, 5) is 26.6. The number of esters is 1. The van der Waals surface area contributed by atoms with Crippen molar-refractivity contribution in [3.05, 3.63) is 23.8 Å². The number of hydrogen-bond donors (Lipinski definition) is 2. The first-order valence-corrected chi connectivity index (χ1v) is 9.45. The number of amides is 1. The fraction of sp³-hybridized carbons (Fsp3) is 0.471. The molecule has 1 aromatic rings. The molecule has 1 aliphatic heterocycles. The molecule has 1 atom stereocenters. The molecule has 0 aliphatic carbocycles. The number of fused-ring (bicyclic) bond motifs is 1. The van der Waals surface area contributed by atoms with E-state index in [2.05, 4.69) is 10.6 Å². The van der Waals surface area contributed by atoms with Gasteiger partial charge in [0.25, 0.3) is 10.8 Å². The van der Waals surface area contributed by atoms with Crippen LogP contribution in [0.1, 0.15) is 26.3 Å². The molecule has 2 N–H and O–H groups in total. The first-order chi connectivity index (χ1) is 11.9. The molecule has 0 spiro atoms. The molecule has 0 radical (unpaired) electrons. The molecule has 6 nitrogen and oxygen atoms in total. The van der Waals surface area contributed by atoms with Gasteiger partial charge >= 0.3 is 5.97 Å². The van der Waals surface area contributed by atoms with Crippen molar-refractivity contribution >= 4 is 46.7 Å². The lowest BCUT2D eigenvalue weighted by Gasteiger charge is -2.37. The number of ether oxygens (including phenoxy) is 1. The Morgan fingerprint density at radius 1 is 1.36 bits per heavy atom. The lowest BCUT2D eigenvalue weighted by atomic mass is 10.2. The Balaban J connectivity index is 2.43. The topological polar surface area (TPSA) is 70.7 Å². The highest BCUT2D eigenvalue weighted by atomic mass is 32.2. The zero-order valence-electron chi connectivity index (χ0n) is 14.8. The Labute approximate surface area is 157 Å². The van der Waals surface area contributed by atoms with Gasteiger partial charge in [-0.25, -0.2) is 4.79 Å². The van der Waals surface area contributed by atoms with Crippen LogP contribution in [0.15, 0.2) is 23.1 Å². The van der Waals surface area contributed by atoms with E-state index in [9.17, 15) is 9.59 Å². The number of benzene rings is 1. The quantitative estimate of drug-likeness (QED) is 0.461. The lowest BCUT2D eigenvalue weighted by Crippen LogP contribution is -2.63. The van der Waals surface area contributed by atoms with Crippen LogP contribution in [0.25, 0.3) is 0 Å². The van der Waals surface area contributed by atoms with Gasteiger partial charge in [-0.15, -0.1) is 0 Å². The Bertz CT molecular complexity index is 692. The van der Waals surface area contributed by atoms with Gasteiger partial charge in [-0.2, -0.15) is 0 Å². The predicted molar refractivity (Wildman–Crippen MR) is 104 cm³/mol. The summed E-state index contributed by atoms with van der Waals surface area (Å²) in [6, 6.07) is 5.66. The number of thioether (sulfide) groups is 1. The van der Waals surface area contributed by atoms with E-state index in [1.54, 1.807) is 6.92 Å². The number of thiocarbonyl (C=S) groups is 1. The molecule has 1 aromatic carbocycles. The molecule has 0 aromatic heterocycles. The molecule has 1 aliphatic rings. The second-order valence-electron chi connectivity index (χ2n) is 5.56. The molecule has 0 saturated heterocycles. The Morgan fingerprint density at radius 2 is 2.04 bits per heavy atom. The number of aryl methyl sites for hydroxylation is 1. The smallest absolute Gasteiger partial charge is 0.353 e. The second kappa shape index (κ2) is 8.05. The van der Waals surface area contributed by atoms with E-state index >= 15 is 0 Å². The predicted octanol–water partition coefficient (Wildman–Crippen LogP) is 2.51. The molecule has 2 rings (SSSR count). The van der Waals surface area contributed by atoms with Gasteiger partial charge in [-0.3, -0.25) is 4.79 Å². The summed E-state index contributed by atoms with van der Waals surface area (Å²) in [7, 11) is 0. The number of anilines is 1. The van der Waals surface area contributed by atoms with Crippen molar-refractivity contribution < 1.29 is 14.3 Å². The maximum Gasteiger partial charge on any atom is 0.353 e. The summed E-state index contributed by atoms with van der Waals surface area (Å²) < 4.78 is 5.19. The number of nitrogens with zero attached hydrogens (tertiary/aromatic N) is 1. The fourth-order valence-electron chi connectivity index (χ4n) is 2.48. The minimum atomic E-state index is -1.64. The van der Waals surface area contributed by atoms with E-state index in [1.165, 1.54) is 0 Å². The van der Waals surface area contributed by atoms with Gasteiger partial charge in [-0.1, -0.05) is 17.8 Å².